The van der Waals surface area contributed by atoms with Crippen LogP contribution in [0.4, 0.5) is 0 Å². The van der Waals surface area contributed by atoms with Crippen molar-refractivity contribution in [2.45, 2.75) is 0 Å². The summed E-state index contributed by atoms with van der Waals surface area (Å²) in [6.07, 6.45) is 0. The second-order valence-corrected chi connectivity index (χ2v) is 3.30. The molecule has 6 heteroatoms. The maximum atomic E-state index is 11.9. The fourth-order valence-electron chi connectivity index (χ4n) is 1.39. The van der Waals surface area contributed by atoms with Gasteiger partial charge in [-0.05, 0) is 12.1 Å². The largest absolute Gasteiger partial charge is 0.493 e. The molecule has 0 aliphatic carbocycles. The summed E-state index contributed by atoms with van der Waals surface area (Å²) < 4.78 is 14.6. The van der Waals surface area contributed by atoms with E-state index in [1.54, 1.807) is 18.2 Å². The van der Waals surface area contributed by atoms with E-state index in [-0.39, 0.29) is 6.54 Å². The average Bonchev–Trinajstić information content (AvgIpc) is 2.42. The number of para-hydroxylation sites is 1. The Balaban J connectivity index is 2.88. The van der Waals surface area contributed by atoms with Crippen molar-refractivity contribution in [2.24, 2.45) is 0 Å². The van der Waals surface area contributed by atoms with Crippen LogP contribution in [0, 0.1) is 0 Å². The molecular weight excluding hydrogens is 238 g/mol. The normalized spacial score (nSPS) is 9.50. The van der Waals surface area contributed by atoms with E-state index in [9.17, 15) is 9.59 Å². The van der Waals surface area contributed by atoms with Gasteiger partial charge in [0.1, 0.15) is 6.54 Å². The Morgan fingerprint density at radius 2 is 1.89 bits per heavy atom. The van der Waals surface area contributed by atoms with E-state index in [4.69, 9.17) is 9.47 Å². The van der Waals surface area contributed by atoms with E-state index < -0.39 is 11.9 Å². The van der Waals surface area contributed by atoms with Crippen molar-refractivity contribution in [3.05, 3.63) is 23.8 Å². The molecule has 0 bridgehead atoms. The molecule has 0 radical (unpaired) electrons. The maximum Gasteiger partial charge on any atom is 0.325 e. The van der Waals surface area contributed by atoms with Crippen molar-refractivity contribution in [2.75, 3.05) is 27.9 Å². The van der Waals surface area contributed by atoms with Gasteiger partial charge in [-0.1, -0.05) is 6.07 Å². The minimum Gasteiger partial charge on any atom is -0.493 e. The fourth-order valence-corrected chi connectivity index (χ4v) is 1.39. The highest BCUT2D eigenvalue weighted by Crippen LogP contribution is 2.30. The van der Waals surface area contributed by atoms with Gasteiger partial charge >= 0.3 is 5.97 Å². The number of methoxy groups -OCH3 is 3. The van der Waals surface area contributed by atoms with Crippen LogP contribution < -0.4 is 14.8 Å². The number of ether oxygens (including phenoxy) is 3. The molecule has 0 aliphatic heterocycles. The third-order valence-electron chi connectivity index (χ3n) is 2.27. The van der Waals surface area contributed by atoms with Crippen LogP contribution in [0.15, 0.2) is 18.2 Å². The molecule has 0 fully saturated rings. The molecule has 0 saturated carbocycles. The van der Waals surface area contributed by atoms with Gasteiger partial charge in [0, 0.05) is 0 Å². The lowest BCUT2D eigenvalue weighted by Crippen LogP contribution is -2.30. The Hall–Kier alpha value is -2.24. The van der Waals surface area contributed by atoms with Crippen LogP contribution in [0.5, 0.6) is 11.5 Å². The van der Waals surface area contributed by atoms with E-state index in [2.05, 4.69) is 10.1 Å². The van der Waals surface area contributed by atoms with Crippen molar-refractivity contribution in [3.8, 4) is 11.5 Å². The summed E-state index contributed by atoms with van der Waals surface area (Å²) in [5, 5.41) is 2.43. The third-order valence-corrected chi connectivity index (χ3v) is 2.27. The number of nitrogens with one attached hydrogen (secondary N) is 1. The van der Waals surface area contributed by atoms with Crippen molar-refractivity contribution in [1.82, 2.24) is 5.32 Å². The summed E-state index contributed by atoms with van der Waals surface area (Å²) in [7, 11) is 4.17. The molecule has 0 aromatic heterocycles. The van der Waals surface area contributed by atoms with Gasteiger partial charge in [0.15, 0.2) is 11.5 Å². The molecule has 1 N–H and O–H groups in total. The number of benzene rings is 1. The number of esters is 1. The van der Waals surface area contributed by atoms with Crippen molar-refractivity contribution in [3.63, 3.8) is 0 Å². The second kappa shape index (κ2) is 6.48. The maximum absolute atomic E-state index is 11.9. The summed E-state index contributed by atoms with van der Waals surface area (Å²) >= 11 is 0. The molecule has 0 spiro atoms. The number of hydrogen-bond acceptors (Lipinski definition) is 5. The minimum absolute atomic E-state index is 0.199. The first-order valence-corrected chi connectivity index (χ1v) is 5.20. The molecule has 18 heavy (non-hydrogen) atoms. The highest BCUT2D eigenvalue weighted by Gasteiger charge is 2.16. The predicted octanol–water partition coefficient (Wildman–Crippen LogP) is 0.607. The van der Waals surface area contributed by atoms with E-state index >= 15 is 0 Å². The molecule has 0 heterocycles. The van der Waals surface area contributed by atoms with Gasteiger partial charge in [0.2, 0.25) is 0 Å². The Labute approximate surface area is 105 Å². The van der Waals surface area contributed by atoms with Gasteiger partial charge in [0.25, 0.3) is 5.91 Å². The van der Waals surface area contributed by atoms with Crippen molar-refractivity contribution >= 4 is 11.9 Å². The first-order valence-electron chi connectivity index (χ1n) is 5.20. The first kappa shape index (κ1) is 13.8. The Morgan fingerprint density at radius 1 is 1.17 bits per heavy atom. The monoisotopic (exact) mass is 253 g/mol. The van der Waals surface area contributed by atoms with Gasteiger partial charge in [-0.2, -0.15) is 0 Å². The first-order chi connectivity index (χ1) is 8.63. The third kappa shape index (κ3) is 3.13. The number of carbonyl (C=O) groups excluding carboxylic acids is 2. The van der Waals surface area contributed by atoms with E-state index in [1.807, 2.05) is 0 Å². The summed E-state index contributed by atoms with van der Waals surface area (Å²) in [6, 6.07) is 4.91. The molecule has 6 nitrogen and oxygen atoms in total. The minimum atomic E-state index is -0.523. The number of rotatable bonds is 5. The molecule has 0 aliphatic rings. The molecule has 1 rings (SSSR count). The summed E-state index contributed by atoms with van der Waals surface area (Å²) in [5.74, 6) is -0.188. The van der Waals surface area contributed by atoms with Gasteiger partial charge in [-0.3, -0.25) is 9.59 Å². The fraction of sp³-hybridized carbons (Fsp3) is 0.333. The quantitative estimate of drug-likeness (QED) is 0.778. The number of carbonyl (C=O) groups is 2. The summed E-state index contributed by atoms with van der Waals surface area (Å²) in [5.41, 5.74) is 0.292. The lowest BCUT2D eigenvalue weighted by molar-refractivity contribution is -0.139. The average molecular weight is 253 g/mol. The SMILES string of the molecule is COC(=O)CNC(=O)c1cccc(OC)c1OC. The molecule has 1 aromatic carbocycles. The second-order valence-electron chi connectivity index (χ2n) is 3.30. The zero-order valence-corrected chi connectivity index (χ0v) is 10.5. The number of amides is 1. The van der Waals surface area contributed by atoms with Crippen LogP contribution in [0.25, 0.3) is 0 Å². The zero-order chi connectivity index (χ0) is 13.5. The molecule has 98 valence electrons. The summed E-state index contributed by atoms with van der Waals surface area (Å²) in [4.78, 5) is 22.8. The Morgan fingerprint density at radius 3 is 2.44 bits per heavy atom. The highest BCUT2D eigenvalue weighted by atomic mass is 16.5. The van der Waals surface area contributed by atoms with Crippen LogP contribution in [0.1, 0.15) is 10.4 Å². The molecule has 0 saturated heterocycles. The molecular formula is C12H15NO5. The standard InChI is InChI=1S/C12H15NO5/c1-16-9-6-4-5-8(11(9)18-3)12(15)13-7-10(14)17-2/h4-6H,7H2,1-3H3,(H,13,15). The molecule has 1 aromatic rings. The van der Waals surface area contributed by atoms with E-state index in [0.29, 0.717) is 17.1 Å². The highest BCUT2D eigenvalue weighted by molar-refractivity contribution is 5.99. The Kier molecular flexibility index (Phi) is 4.98. The van der Waals surface area contributed by atoms with Crippen molar-refractivity contribution in [1.29, 1.82) is 0 Å². The smallest absolute Gasteiger partial charge is 0.325 e. The van der Waals surface area contributed by atoms with Crippen LogP contribution in [-0.2, 0) is 9.53 Å². The predicted molar refractivity (Wildman–Crippen MR) is 63.9 cm³/mol. The molecule has 0 unspecified atom stereocenters. The van der Waals surface area contributed by atoms with Crippen LogP contribution in [0.2, 0.25) is 0 Å². The lowest BCUT2D eigenvalue weighted by Gasteiger charge is -2.12. The van der Waals surface area contributed by atoms with Crippen LogP contribution in [-0.4, -0.2) is 39.8 Å². The topological polar surface area (TPSA) is 73.9 Å². The number of hydrogen-bond donors (Lipinski definition) is 1. The molecule has 0 atom stereocenters. The van der Waals surface area contributed by atoms with Gasteiger partial charge in [-0.15, -0.1) is 0 Å². The summed E-state index contributed by atoms with van der Waals surface area (Å²) in [6.45, 7) is -0.199. The zero-order valence-electron chi connectivity index (χ0n) is 10.5. The van der Waals surface area contributed by atoms with Gasteiger partial charge in [0.05, 0.1) is 26.9 Å². The van der Waals surface area contributed by atoms with Gasteiger partial charge in [-0.25, -0.2) is 0 Å². The van der Waals surface area contributed by atoms with Gasteiger partial charge < -0.3 is 19.5 Å². The van der Waals surface area contributed by atoms with Crippen LogP contribution >= 0.6 is 0 Å². The van der Waals surface area contributed by atoms with Crippen LogP contribution in [0.3, 0.4) is 0 Å². The lowest BCUT2D eigenvalue weighted by atomic mass is 10.1. The van der Waals surface area contributed by atoms with Crippen molar-refractivity contribution < 1.29 is 23.8 Å². The van der Waals surface area contributed by atoms with E-state index in [1.165, 1.54) is 21.3 Å². The molecule has 1 amide bonds. The van der Waals surface area contributed by atoms with E-state index in [0.717, 1.165) is 0 Å². The Bertz CT molecular complexity index is 444.